The van der Waals surface area contributed by atoms with Crippen molar-refractivity contribution in [3.05, 3.63) is 18.2 Å². The van der Waals surface area contributed by atoms with Crippen molar-refractivity contribution in [2.75, 3.05) is 37.4 Å². The van der Waals surface area contributed by atoms with Gasteiger partial charge in [-0.05, 0) is 50.0 Å². The number of benzene rings is 1. The molecule has 1 aromatic heterocycles. The fourth-order valence-electron chi connectivity index (χ4n) is 2.70. The molecule has 24 heavy (non-hydrogen) atoms. The summed E-state index contributed by atoms with van der Waals surface area (Å²) in [4.78, 5) is 18.2. The van der Waals surface area contributed by atoms with Gasteiger partial charge in [0.1, 0.15) is 5.52 Å². The van der Waals surface area contributed by atoms with Gasteiger partial charge in [-0.3, -0.25) is 4.79 Å². The van der Waals surface area contributed by atoms with Crippen LogP contribution in [0.5, 0.6) is 0 Å². The molecule has 0 radical (unpaired) electrons. The highest BCUT2D eigenvalue weighted by atomic mass is 35.5. The standard InChI is InChI=1S/C16H22N4O2.2ClH/c1-20(2)16-19-13-9-12(4-5-14(13)22-16)18-15(21)6-3-11-7-8-17-10-11;;/h4-5,9,11,17H,3,6-8,10H2,1-2H3,(H,18,21);2*1H. The number of rotatable bonds is 5. The molecule has 3 rings (SSSR count). The minimum absolute atomic E-state index is 0. The van der Waals surface area contributed by atoms with E-state index in [2.05, 4.69) is 15.6 Å². The smallest absolute Gasteiger partial charge is 0.297 e. The number of anilines is 2. The Bertz CT molecular complexity index is 669. The maximum atomic E-state index is 12.0. The summed E-state index contributed by atoms with van der Waals surface area (Å²) in [6.07, 6.45) is 2.67. The maximum Gasteiger partial charge on any atom is 0.297 e. The third-order valence-electron chi connectivity index (χ3n) is 3.98. The first kappa shape index (κ1) is 20.5. The van der Waals surface area contributed by atoms with Crippen LogP contribution >= 0.6 is 24.8 Å². The monoisotopic (exact) mass is 374 g/mol. The molecule has 1 aliphatic rings. The minimum atomic E-state index is 0. The SMILES string of the molecule is CN(C)c1nc2cc(NC(=O)CCC3CCNC3)ccc2o1.Cl.Cl. The number of halogens is 2. The Labute approximate surface area is 154 Å². The number of oxazole rings is 1. The van der Waals surface area contributed by atoms with Gasteiger partial charge < -0.3 is 20.0 Å². The van der Waals surface area contributed by atoms with E-state index in [9.17, 15) is 4.79 Å². The van der Waals surface area contributed by atoms with E-state index in [0.717, 1.165) is 36.3 Å². The van der Waals surface area contributed by atoms with Crippen LogP contribution in [0.4, 0.5) is 11.7 Å². The van der Waals surface area contributed by atoms with Crippen molar-refractivity contribution in [3.63, 3.8) is 0 Å². The van der Waals surface area contributed by atoms with E-state index >= 15 is 0 Å². The molecule has 1 saturated heterocycles. The Kier molecular flexibility index (Phi) is 7.79. The zero-order valence-electron chi connectivity index (χ0n) is 13.9. The van der Waals surface area contributed by atoms with Crippen molar-refractivity contribution in [2.45, 2.75) is 19.3 Å². The lowest BCUT2D eigenvalue weighted by molar-refractivity contribution is -0.116. The molecule has 0 bridgehead atoms. The molecule has 134 valence electrons. The van der Waals surface area contributed by atoms with Crippen LogP contribution in [0, 0.1) is 5.92 Å². The van der Waals surface area contributed by atoms with Gasteiger partial charge in [0.2, 0.25) is 5.91 Å². The van der Waals surface area contributed by atoms with Crippen LogP contribution in [0.2, 0.25) is 0 Å². The van der Waals surface area contributed by atoms with Crippen molar-refractivity contribution in [2.24, 2.45) is 5.92 Å². The molecule has 2 heterocycles. The molecule has 0 spiro atoms. The predicted molar refractivity (Wildman–Crippen MR) is 102 cm³/mol. The largest absolute Gasteiger partial charge is 0.423 e. The van der Waals surface area contributed by atoms with Crippen molar-refractivity contribution in [1.82, 2.24) is 10.3 Å². The number of hydrogen-bond donors (Lipinski definition) is 2. The van der Waals surface area contributed by atoms with Gasteiger partial charge in [-0.15, -0.1) is 24.8 Å². The number of fused-ring (bicyclic) bond motifs is 1. The second kappa shape index (κ2) is 9.11. The second-order valence-corrected chi connectivity index (χ2v) is 6.02. The normalized spacial score (nSPS) is 16.3. The summed E-state index contributed by atoms with van der Waals surface area (Å²) < 4.78 is 5.60. The van der Waals surface area contributed by atoms with E-state index in [1.54, 1.807) is 0 Å². The fourth-order valence-corrected chi connectivity index (χ4v) is 2.70. The first-order valence-electron chi connectivity index (χ1n) is 7.70. The molecule has 1 aliphatic heterocycles. The van der Waals surface area contributed by atoms with Crippen LogP contribution in [-0.2, 0) is 4.79 Å². The molecular weight excluding hydrogens is 351 g/mol. The summed E-state index contributed by atoms with van der Waals surface area (Å²) >= 11 is 0. The molecule has 2 N–H and O–H groups in total. The Balaban J connectivity index is 0.00000144. The lowest BCUT2D eigenvalue weighted by atomic mass is 10.0. The highest BCUT2D eigenvalue weighted by molar-refractivity contribution is 5.92. The molecule has 1 atom stereocenters. The number of carbonyl (C=O) groups is 1. The molecule has 1 fully saturated rings. The lowest BCUT2D eigenvalue weighted by Crippen LogP contribution is -2.14. The summed E-state index contributed by atoms with van der Waals surface area (Å²) in [5.41, 5.74) is 2.24. The third kappa shape index (κ3) is 5.00. The van der Waals surface area contributed by atoms with Crippen molar-refractivity contribution in [1.29, 1.82) is 0 Å². The van der Waals surface area contributed by atoms with Crippen LogP contribution in [-0.4, -0.2) is 38.1 Å². The number of carbonyl (C=O) groups excluding carboxylic acids is 1. The van der Waals surface area contributed by atoms with Gasteiger partial charge in [-0.25, -0.2) is 0 Å². The van der Waals surface area contributed by atoms with E-state index in [4.69, 9.17) is 4.42 Å². The Morgan fingerprint density at radius 1 is 1.42 bits per heavy atom. The van der Waals surface area contributed by atoms with Crippen molar-refractivity contribution in [3.8, 4) is 0 Å². The van der Waals surface area contributed by atoms with Gasteiger partial charge in [0.25, 0.3) is 6.01 Å². The predicted octanol–water partition coefficient (Wildman–Crippen LogP) is 3.07. The van der Waals surface area contributed by atoms with E-state index in [1.165, 1.54) is 6.42 Å². The quantitative estimate of drug-likeness (QED) is 0.841. The summed E-state index contributed by atoms with van der Waals surface area (Å²) in [6, 6.07) is 6.10. The van der Waals surface area contributed by atoms with Gasteiger partial charge in [-0.1, -0.05) is 0 Å². The number of nitrogens with one attached hydrogen (secondary N) is 2. The van der Waals surface area contributed by atoms with Gasteiger partial charge in [0.05, 0.1) is 0 Å². The summed E-state index contributed by atoms with van der Waals surface area (Å²) in [5.74, 6) is 0.689. The van der Waals surface area contributed by atoms with Gasteiger partial charge in [0.15, 0.2) is 5.58 Å². The summed E-state index contributed by atoms with van der Waals surface area (Å²) in [6.45, 7) is 2.11. The minimum Gasteiger partial charge on any atom is -0.423 e. The highest BCUT2D eigenvalue weighted by Crippen LogP contribution is 2.24. The van der Waals surface area contributed by atoms with Crippen LogP contribution in [0.3, 0.4) is 0 Å². The molecular formula is C16H24Cl2N4O2. The average molecular weight is 375 g/mol. The number of nitrogens with zero attached hydrogens (tertiary/aromatic N) is 2. The molecule has 6 nitrogen and oxygen atoms in total. The van der Waals surface area contributed by atoms with Crippen LogP contribution in [0.25, 0.3) is 11.1 Å². The first-order chi connectivity index (χ1) is 10.6. The van der Waals surface area contributed by atoms with Gasteiger partial charge in [0, 0.05) is 26.2 Å². The van der Waals surface area contributed by atoms with E-state index in [0.29, 0.717) is 18.4 Å². The topological polar surface area (TPSA) is 70.4 Å². The molecule has 2 aromatic rings. The highest BCUT2D eigenvalue weighted by Gasteiger charge is 2.16. The Morgan fingerprint density at radius 3 is 2.88 bits per heavy atom. The van der Waals surface area contributed by atoms with Crippen LogP contribution < -0.4 is 15.5 Å². The Hall–Kier alpha value is -1.50. The van der Waals surface area contributed by atoms with Crippen LogP contribution in [0.15, 0.2) is 22.6 Å². The molecule has 0 saturated carbocycles. The fraction of sp³-hybridized carbons (Fsp3) is 0.500. The number of aromatic nitrogens is 1. The van der Waals surface area contributed by atoms with Gasteiger partial charge in [-0.2, -0.15) is 4.98 Å². The number of amides is 1. The van der Waals surface area contributed by atoms with Gasteiger partial charge >= 0.3 is 0 Å². The zero-order chi connectivity index (χ0) is 15.5. The molecule has 1 aromatic carbocycles. The molecule has 1 unspecified atom stereocenters. The third-order valence-corrected chi connectivity index (χ3v) is 3.98. The summed E-state index contributed by atoms with van der Waals surface area (Å²) in [7, 11) is 3.76. The average Bonchev–Trinajstić information content (AvgIpc) is 3.14. The van der Waals surface area contributed by atoms with E-state index < -0.39 is 0 Å². The maximum absolute atomic E-state index is 12.0. The van der Waals surface area contributed by atoms with Crippen molar-refractivity contribution < 1.29 is 9.21 Å². The van der Waals surface area contributed by atoms with Crippen LogP contribution in [0.1, 0.15) is 19.3 Å². The first-order valence-corrected chi connectivity index (χ1v) is 7.70. The Morgan fingerprint density at radius 2 is 2.21 bits per heavy atom. The molecule has 0 aliphatic carbocycles. The van der Waals surface area contributed by atoms with E-state index in [-0.39, 0.29) is 30.7 Å². The molecule has 8 heteroatoms. The second-order valence-electron chi connectivity index (χ2n) is 6.02. The zero-order valence-corrected chi connectivity index (χ0v) is 15.5. The number of hydrogen-bond acceptors (Lipinski definition) is 5. The lowest BCUT2D eigenvalue weighted by Gasteiger charge is -2.08. The molecule has 1 amide bonds. The summed E-state index contributed by atoms with van der Waals surface area (Å²) in [5, 5.41) is 6.26. The van der Waals surface area contributed by atoms with E-state index in [1.807, 2.05) is 37.2 Å². The van der Waals surface area contributed by atoms with Crippen molar-refractivity contribution >= 4 is 53.5 Å².